The summed E-state index contributed by atoms with van der Waals surface area (Å²) in [6, 6.07) is 14.6. The SMILES string of the molecule is O=C(Cn1c(=O)cnc2ccccc21)N(Cc1nnc(-c2ccccc2Cl)o1)C1CC1. The second-order valence-corrected chi connectivity index (χ2v) is 7.81. The molecule has 0 atom stereocenters. The second-order valence-electron chi connectivity index (χ2n) is 7.40. The van der Waals surface area contributed by atoms with Crippen molar-refractivity contribution in [1.29, 1.82) is 0 Å². The fourth-order valence-electron chi connectivity index (χ4n) is 3.52. The molecule has 2 heterocycles. The predicted octanol–water partition coefficient (Wildman–Crippen LogP) is 3.29. The molecule has 0 aliphatic heterocycles. The van der Waals surface area contributed by atoms with E-state index < -0.39 is 0 Å². The van der Waals surface area contributed by atoms with E-state index in [4.69, 9.17) is 16.0 Å². The monoisotopic (exact) mass is 435 g/mol. The number of halogens is 1. The van der Waals surface area contributed by atoms with Crippen molar-refractivity contribution < 1.29 is 9.21 Å². The number of carbonyl (C=O) groups excluding carboxylic acids is 1. The van der Waals surface area contributed by atoms with Crippen LogP contribution in [-0.2, 0) is 17.9 Å². The van der Waals surface area contributed by atoms with E-state index in [1.165, 1.54) is 10.8 Å². The molecule has 1 saturated carbocycles. The van der Waals surface area contributed by atoms with E-state index in [0.717, 1.165) is 12.8 Å². The summed E-state index contributed by atoms with van der Waals surface area (Å²) in [6.45, 7) is 0.0998. The first-order valence-corrected chi connectivity index (χ1v) is 10.3. The Morgan fingerprint density at radius 1 is 1.13 bits per heavy atom. The van der Waals surface area contributed by atoms with Crippen molar-refractivity contribution in [3.05, 3.63) is 76.0 Å². The lowest BCUT2D eigenvalue weighted by atomic mass is 10.2. The van der Waals surface area contributed by atoms with Gasteiger partial charge in [-0.2, -0.15) is 0 Å². The quantitative estimate of drug-likeness (QED) is 0.461. The number of rotatable bonds is 6. The summed E-state index contributed by atoms with van der Waals surface area (Å²) in [4.78, 5) is 31.4. The van der Waals surface area contributed by atoms with Crippen LogP contribution in [0.4, 0.5) is 0 Å². The summed E-state index contributed by atoms with van der Waals surface area (Å²) in [6.07, 6.45) is 3.05. The summed E-state index contributed by atoms with van der Waals surface area (Å²) in [7, 11) is 0. The molecule has 1 fully saturated rings. The Hall–Kier alpha value is -3.52. The minimum Gasteiger partial charge on any atom is -0.419 e. The predicted molar refractivity (Wildman–Crippen MR) is 114 cm³/mol. The minimum absolute atomic E-state index is 0.0795. The smallest absolute Gasteiger partial charge is 0.269 e. The lowest BCUT2D eigenvalue weighted by molar-refractivity contribution is -0.133. The molecule has 1 amide bonds. The molecule has 0 radical (unpaired) electrons. The number of hydrogen-bond donors (Lipinski definition) is 0. The number of amides is 1. The van der Waals surface area contributed by atoms with Crippen molar-refractivity contribution >= 4 is 28.5 Å². The highest BCUT2D eigenvalue weighted by atomic mass is 35.5. The van der Waals surface area contributed by atoms with E-state index in [2.05, 4.69) is 15.2 Å². The third-order valence-electron chi connectivity index (χ3n) is 5.23. The molecular formula is C22H18ClN5O3. The number of para-hydroxylation sites is 2. The van der Waals surface area contributed by atoms with Gasteiger partial charge in [0.1, 0.15) is 6.54 Å². The first kappa shape index (κ1) is 19.4. The van der Waals surface area contributed by atoms with Gasteiger partial charge in [0.2, 0.25) is 17.7 Å². The van der Waals surface area contributed by atoms with Gasteiger partial charge in [-0.05, 0) is 37.1 Å². The van der Waals surface area contributed by atoms with Gasteiger partial charge in [0.25, 0.3) is 5.56 Å². The van der Waals surface area contributed by atoms with Crippen LogP contribution in [0.3, 0.4) is 0 Å². The third-order valence-corrected chi connectivity index (χ3v) is 5.56. The van der Waals surface area contributed by atoms with Crippen LogP contribution in [0.25, 0.3) is 22.5 Å². The van der Waals surface area contributed by atoms with Gasteiger partial charge in [-0.25, -0.2) is 4.98 Å². The molecule has 31 heavy (non-hydrogen) atoms. The topological polar surface area (TPSA) is 94.1 Å². The number of aromatic nitrogens is 4. The summed E-state index contributed by atoms with van der Waals surface area (Å²) >= 11 is 6.21. The molecule has 1 aliphatic carbocycles. The Morgan fingerprint density at radius 3 is 2.71 bits per heavy atom. The first-order chi connectivity index (χ1) is 15.1. The lowest BCUT2D eigenvalue weighted by Gasteiger charge is -2.21. The molecule has 156 valence electrons. The van der Waals surface area contributed by atoms with E-state index in [-0.39, 0.29) is 30.6 Å². The van der Waals surface area contributed by atoms with Crippen LogP contribution in [0.1, 0.15) is 18.7 Å². The fraction of sp³-hybridized carbons (Fsp3) is 0.227. The zero-order chi connectivity index (χ0) is 21.4. The number of nitrogens with zero attached hydrogens (tertiary/aromatic N) is 5. The Morgan fingerprint density at radius 2 is 1.90 bits per heavy atom. The Kier molecular flexibility index (Phi) is 4.99. The molecule has 0 N–H and O–H groups in total. The average Bonchev–Trinajstić information content (AvgIpc) is 3.52. The van der Waals surface area contributed by atoms with Gasteiger partial charge >= 0.3 is 0 Å². The molecular weight excluding hydrogens is 418 g/mol. The zero-order valence-electron chi connectivity index (χ0n) is 16.4. The van der Waals surface area contributed by atoms with Crippen molar-refractivity contribution in [2.24, 2.45) is 0 Å². The van der Waals surface area contributed by atoms with Crippen LogP contribution in [0.15, 0.2) is 63.9 Å². The second kappa shape index (κ2) is 7.96. The van der Waals surface area contributed by atoms with Gasteiger partial charge < -0.3 is 9.32 Å². The van der Waals surface area contributed by atoms with Gasteiger partial charge in [-0.1, -0.05) is 35.9 Å². The Balaban J connectivity index is 1.39. The minimum atomic E-state index is -0.318. The molecule has 4 aromatic rings. The van der Waals surface area contributed by atoms with E-state index in [0.29, 0.717) is 33.4 Å². The van der Waals surface area contributed by atoms with Crippen molar-refractivity contribution in [3.8, 4) is 11.5 Å². The molecule has 0 saturated heterocycles. The van der Waals surface area contributed by atoms with E-state index in [9.17, 15) is 9.59 Å². The zero-order valence-corrected chi connectivity index (χ0v) is 17.2. The molecule has 9 heteroatoms. The molecule has 5 rings (SSSR count). The van der Waals surface area contributed by atoms with Crippen LogP contribution in [0, 0.1) is 0 Å². The highest BCUT2D eigenvalue weighted by Gasteiger charge is 2.34. The van der Waals surface area contributed by atoms with Crippen molar-refractivity contribution in [3.63, 3.8) is 0 Å². The summed E-state index contributed by atoms with van der Waals surface area (Å²) < 4.78 is 7.22. The molecule has 1 aliphatic rings. The van der Waals surface area contributed by atoms with E-state index >= 15 is 0 Å². The summed E-state index contributed by atoms with van der Waals surface area (Å²) in [5.41, 5.74) is 1.61. The molecule has 0 bridgehead atoms. The number of fused-ring (bicyclic) bond motifs is 1. The molecule has 8 nitrogen and oxygen atoms in total. The maximum Gasteiger partial charge on any atom is 0.269 e. The van der Waals surface area contributed by atoms with Gasteiger partial charge in [0.15, 0.2) is 0 Å². The van der Waals surface area contributed by atoms with Crippen molar-refractivity contribution in [1.82, 2.24) is 24.6 Å². The third kappa shape index (κ3) is 3.94. The highest BCUT2D eigenvalue weighted by Crippen LogP contribution is 2.30. The van der Waals surface area contributed by atoms with Crippen LogP contribution < -0.4 is 5.56 Å². The maximum absolute atomic E-state index is 13.2. The standard InChI is InChI=1S/C22H18ClN5O3/c23-16-6-2-1-5-15(16)22-26-25-19(31-22)12-27(14-9-10-14)21(30)13-28-18-8-4-3-7-17(18)24-11-20(28)29/h1-8,11,14H,9-10,12-13H2. The Labute approximate surface area is 182 Å². The van der Waals surface area contributed by atoms with Gasteiger partial charge in [-0.3, -0.25) is 14.2 Å². The van der Waals surface area contributed by atoms with Crippen molar-refractivity contribution in [2.75, 3.05) is 0 Å². The normalized spacial score (nSPS) is 13.5. The van der Waals surface area contributed by atoms with Crippen LogP contribution >= 0.6 is 11.6 Å². The van der Waals surface area contributed by atoms with Gasteiger partial charge in [0.05, 0.1) is 34.4 Å². The number of carbonyl (C=O) groups is 1. The van der Waals surface area contributed by atoms with E-state index in [1.54, 1.807) is 23.1 Å². The first-order valence-electron chi connectivity index (χ1n) is 9.91. The highest BCUT2D eigenvalue weighted by molar-refractivity contribution is 6.33. The van der Waals surface area contributed by atoms with Crippen LogP contribution in [0.5, 0.6) is 0 Å². The van der Waals surface area contributed by atoms with Gasteiger partial charge in [-0.15, -0.1) is 10.2 Å². The van der Waals surface area contributed by atoms with Crippen LogP contribution in [0.2, 0.25) is 5.02 Å². The molecule has 2 aromatic heterocycles. The summed E-state index contributed by atoms with van der Waals surface area (Å²) in [5.74, 6) is 0.445. The van der Waals surface area contributed by atoms with Gasteiger partial charge in [0, 0.05) is 6.04 Å². The fourth-order valence-corrected chi connectivity index (χ4v) is 3.73. The average molecular weight is 436 g/mol. The Bertz CT molecular complexity index is 1330. The summed E-state index contributed by atoms with van der Waals surface area (Å²) in [5, 5.41) is 8.68. The molecule has 0 unspecified atom stereocenters. The number of hydrogen-bond acceptors (Lipinski definition) is 6. The van der Waals surface area contributed by atoms with Crippen LogP contribution in [-0.4, -0.2) is 36.6 Å². The van der Waals surface area contributed by atoms with E-state index in [1.807, 2.05) is 30.3 Å². The molecule has 0 spiro atoms. The van der Waals surface area contributed by atoms with Crippen molar-refractivity contribution in [2.45, 2.75) is 32.0 Å². The largest absolute Gasteiger partial charge is 0.419 e. The number of benzene rings is 2. The molecule has 2 aromatic carbocycles. The maximum atomic E-state index is 13.2. The lowest BCUT2D eigenvalue weighted by Crippen LogP contribution is -2.37.